The van der Waals surface area contributed by atoms with Crippen LogP contribution in [-0.4, -0.2) is 13.2 Å². The van der Waals surface area contributed by atoms with Crippen molar-refractivity contribution in [2.24, 2.45) is 16.2 Å². The maximum absolute atomic E-state index is 5.23. The fourth-order valence-electron chi connectivity index (χ4n) is 0.448. The molecule has 0 saturated heterocycles. The van der Waals surface area contributed by atoms with E-state index in [2.05, 4.69) is 82.4 Å². The second kappa shape index (κ2) is 12.0. The van der Waals surface area contributed by atoms with Crippen LogP contribution in [0.5, 0.6) is 0 Å². The SMILES string of the molecule is C=CC(C)(C)C.C=CCOCC(C)(C)C.CCC(C)(C)C. The third-order valence-corrected chi connectivity index (χ3v) is 2.44. The first-order valence-corrected chi connectivity index (χ1v) is 8.00. The molecule has 0 aliphatic carbocycles. The largest absolute Gasteiger partial charge is 0.377 e. The first-order chi connectivity index (χ1) is 9.18. The molecule has 0 rings (SSSR count). The molecule has 0 heterocycles. The van der Waals surface area contributed by atoms with E-state index in [9.17, 15) is 0 Å². The van der Waals surface area contributed by atoms with Crippen molar-refractivity contribution in [3.05, 3.63) is 25.3 Å². The Balaban J connectivity index is -0.000000240. The average Bonchev–Trinajstić information content (AvgIpc) is 2.27. The monoisotopic (exact) mass is 298 g/mol. The minimum absolute atomic E-state index is 0.281. The summed E-state index contributed by atoms with van der Waals surface area (Å²) in [5.74, 6) is 0. The lowest BCUT2D eigenvalue weighted by Crippen LogP contribution is -2.14. The summed E-state index contributed by atoms with van der Waals surface area (Å²) in [6.45, 7) is 30.4. The van der Waals surface area contributed by atoms with Gasteiger partial charge in [-0.15, -0.1) is 13.2 Å². The van der Waals surface area contributed by atoms with Crippen molar-refractivity contribution in [3.8, 4) is 0 Å². The van der Waals surface area contributed by atoms with Gasteiger partial charge in [-0.25, -0.2) is 0 Å². The molecule has 21 heavy (non-hydrogen) atoms. The number of hydrogen-bond donors (Lipinski definition) is 0. The number of rotatable bonds is 3. The van der Waals surface area contributed by atoms with Crippen LogP contribution in [0.3, 0.4) is 0 Å². The Kier molecular flexibility index (Phi) is 14.6. The molecule has 0 bridgehead atoms. The van der Waals surface area contributed by atoms with Crippen LogP contribution < -0.4 is 0 Å². The van der Waals surface area contributed by atoms with Crippen molar-refractivity contribution in [2.45, 2.75) is 75.7 Å². The highest BCUT2D eigenvalue weighted by Gasteiger charge is 2.08. The van der Waals surface area contributed by atoms with Gasteiger partial charge in [-0.05, 0) is 16.2 Å². The fourth-order valence-corrected chi connectivity index (χ4v) is 0.448. The Morgan fingerprint density at radius 2 is 1.14 bits per heavy atom. The van der Waals surface area contributed by atoms with Crippen LogP contribution >= 0.6 is 0 Å². The summed E-state index contributed by atoms with van der Waals surface area (Å²) in [7, 11) is 0. The van der Waals surface area contributed by atoms with Gasteiger partial charge >= 0.3 is 0 Å². The maximum atomic E-state index is 5.23. The summed E-state index contributed by atoms with van der Waals surface area (Å²) in [6, 6.07) is 0. The van der Waals surface area contributed by atoms with Crippen molar-refractivity contribution in [1.82, 2.24) is 0 Å². The Morgan fingerprint density at radius 3 is 1.29 bits per heavy atom. The van der Waals surface area contributed by atoms with E-state index in [1.54, 1.807) is 6.08 Å². The molecule has 0 aromatic rings. The molecule has 0 spiro atoms. The first kappa shape index (κ1) is 25.4. The van der Waals surface area contributed by atoms with E-state index in [0.717, 1.165) is 6.61 Å². The molecule has 128 valence electrons. The van der Waals surface area contributed by atoms with E-state index < -0.39 is 0 Å². The molecule has 0 aliphatic heterocycles. The summed E-state index contributed by atoms with van der Waals surface area (Å²) >= 11 is 0. The van der Waals surface area contributed by atoms with Crippen molar-refractivity contribution in [3.63, 3.8) is 0 Å². The van der Waals surface area contributed by atoms with Crippen LogP contribution in [-0.2, 0) is 4.74 Å². The molecule has 0 fully saturated rings. The zero-order valence-electron chi connectivity index (χ0n) is 16.6. The van der Waals surface area contributed by atoms with Gasteiger partial charge in [0, 0.05) is 0 Å². The zero-order valence-corrected chi connectivity index (χ0v) is 16.6. The average molecular weight is 299 g/mol. The van der Waals surface area contributed by atoms with E-state index in [-0.39, 0.29) is 5.41 Å². The molecule has 0 unspecified atom stereocenters. The van der Waals surface area contributed by atoms with Gasteiger partial charge in [0.1, 0.15) is 0 Å². The quantitative estimate of drug-likeness (QED) is 0.407. The highest BCUT2D eigenvalue weighted by atomic mass is 16.5. The third kappa shape index (κ3) is 45.2. The normalized spacial score (nSPS) is 11.5. The number of hydrogen-bond acceptors (Lipinski definition) is 1. The van der Waals surface area contributed by atoms with E-state index in [1.807, 2.05) is 6.08 Å². The van der Waals surface area contributed by atoms with Crippen LogP contribution in [0.1, 0.15) is 75.7 Å². The predicted molar refractivity (Wildman–Crippen MR) is 99.9 cm³/mol. The van der Waals surface area contributed by atoms with Crippen LogP contribution in [0.2, 0.25) is 0 Å². The molecular formula is C20H42O. The number of ether oxygens (including phenoxy) is 1. The summed E-state index contributed by atoms with van der Waals surface area (Å²) in [5.41, 5.74) is 1.13. The highest BCUT2D eigenvalue weighted by molar-refractivity contribution is 4.82. The summed E-state index contributed by atoms with van der Waals surface area (Å²) in [6.07, 6.45) is 4.98. The topological polar surface area (TPSA) is 9.23 Å². The van der Waals surface area contributed by atoms with Gasteiger partial charge in [-0.2, -0.15) is 0 Å². The Labute approximate surface area is 135 Å². The molecule has 0 radical (unpaired) electrons. The maximum Gasteiger partial charge on any atom is 0.0645 e. The van der Waals surface area contributed by atoms with Crippen molar-refractivity contribution in [2.75, 3.05) is 13.2 Å². The first-order valence-electron chi connectivity index (χ1n) is 8.00. The van der Waals surface area contributed by atoms with Gasteiger partial charge in [-0.3, -0.25) is 0 Å². The van der Waals surface area contributed by atoms with Crippen LogP contribution in [0.25, 0.3) is 0 Å². The highest BCUT2D eigenvalue weighted by Crippen LogP contribution is 2.16. The van der Waals surface area contributed by atoms with Crippen molar-refractivity contribution >= 4 is 0 Å². The lowest BCUT2D eigenvalue weighted by molar-refractivity contribution is 0.0911. The van der Waals surface area contributed by atoms with Gasteiger partial charge in [0.25, 0.3) is 0 Å². The molecule has 0 aliphatic rings. The predicted octanol–water partition coefficient (Wildman–Crippen LogP) is 6.90. The summed E-state index contributed by atoms with van der Waals surface area (Å²) in [5, 5.41) is 0. The molecule has 0 N–H and O–H groups in total. The second-order valence-electron chi connectivity index (χ2n) is 8.85. The minimum atomic E-state index is 0.281. The van der Waals surface area contributed by atoms with E-state index in [4.69, 9.17) is 4.74 Å². The molecule has 0 atom stereocenters. The Hall–Kier alpha value is -0.560. The molecular weight excluding hydrogens is 256 g/mol. The lowest BCUT2D eigenvalue weighted by Gasteiger charge is -2.16. The second-order valence-corrected chi connectivity index (χ2v) is 8.85. The van der Waals surface area contributed by atoms with E-state index in [0.29, 0.717) is 17.4 Å². The Morgan fingerprint density at radius 1 is 0.810 bits per heavy atom. The van der Waals surface area contributed by atoms with E-state index in [1.165, 1.54) is 6.42 Å². The van der Waals surface area contributed by atoms with Crippen molar-refractivity contribution < 1.29 is 4.74 Å². The van der Waals surface area contributed by atoms with Crippen molar-refractivity contribution in [1.29, 1.82) is 0 Å². The number of allylic oxidation sites excluding steroid dienone is 1. The lowest BCUT2D eigenvalue weighted by atomic mass is 9.94. The zero-order chi connectivity index (χ0) is 17.7. The molecule has 0 amide bonds. The van der Waals surface area contributed by atoms with Gasteiger partial charge in [0.2, 0.25) is 0 Å². The van der Waals surface area contributed by atoms with Crippen LogP contribution in [0.15, 0.2) is 25.3 Å². The molecule has 1 nitrogen and oxygen atoms in total. The fraction of sp³-hybridized carbons (Fsp3) is 0.800. The van der Waals surface area contributed by atoms with Crippen LogP contribution in [0.4, 0.5) is 0 Å². The van der Waals surface area contributed by atoms with Gasteiger partial charge in [-0.1, -0.05) is 87.8 Å². The standard InChI is InChI=1S/C8H16O.C6H14.C6H12/c1-5-6-9-7-8(2,3)4;2*1-5-6(2,3)4/h5H,1,6-7H2,2-4H3;5H2,1-4H3;5H,1H2,2-4H3. The summed E-state index contributed by atoms with van der Waals surface area (Å²) in [4.78, 5) is 0. The van der Waals surface area contributed by atoms with Gasteiger partial charge in [0.05, 0.1) is 13.2 Å². The van der Waals surface area contributed by atoms with E-state index >= 15 is 0 Å². The minimum Gasteiger partial charge on any atom is -0.377 e. The van der Waals surface area contributed by atoms with Gasteiger partial charge < -0.3 is 4.74 Å². The summed E-state index contributed by atoms with van der Waals surface area (Å²) < 4.78 is 5.23. The Bertz CT molecular complexity index is 242. The third-order valence-electron chi connectivity index (χ3n) is 2.44. The molecule has 1 heteroatoms. The molecule has 0 saturated carbocycles. The van der Waals surface area contributed by atoms with Gasteiger partial charge in [0.15, 0.2) is 0 Å². The smallest absolute Gasteiger partial charge is 0.0645 e. The molecule has 0 aromatic carbocycles. The molecule has 0 aromatic heterocycles. The van der Waals surface area contributed by atoms with Crippen LogP contribution in [0, 0.1) is 16.2 Å².